The standard InChI is InChI=1S/C18H15F2N3O2S/c1-10-14(11(2)25-23-10)9-26-18-13(4-3-7-21-18)17(24)22-12-5-6-15(19)16(20)8-12/h3-8H,9H2,1-2H3,(H,22,24). The molecule has 2 aromatic heterocycles. The molecule has 0 aliphatic rings. The molecule has 0 fully saturated rings. The molecule has 8 heteroatoms. The molecular weight excluding hydrogens is 360 g/mol. The highest BCUT2D eigenvalue weighted by molar-refractivity contribution is 7.98. The summed E-state index contributed by atoms with van der Waals surface area (Å²) >= 11 is 1.37. The molecule has 5 nitrogen and oxygen atoms in total. The number of aryl methyl sites for hydroxylation is 2. The van der Waals surface area contributed by atoms with Crippen molar-refractivity contribution in [3.8, 4) is 0 Å². The quantitative estimate of drug-likeness (QED) is 0.665. The van der Waals surface area contributed by atoms with E-state index in [4.69, 9.17) is 4.52 Å². The van der Waals surface area contributed by atoms with Gasteiger partial charge in [-0.3, -0.25) is 4.79 Å². The molecule has 26 heavy (non-hydrogen) atoms. The molecular formula is C18H15F2N3O2S. The summed E-state index contributed by atoms with van der Waals surface area (Å²) < 4.78 is 31.4. The van der Waals surface area contributed by atoms with Crippen LogP contribution < -0.4 is 5.32 Å². The van der Waals surface area contributed by atoms with Gasteiger partial charge in [0.2, 0.25) is 0 Å². The number of pyridine rings is 1. The van der Waals surface area contributed by atoms with Crippen molar-refractivity contribution in [3.63, 3.8) is 0 Å². The second-order valence-corrected chi connectivity index (χ2v) is 6.49. The van der Waals surface area contributed by atoms with Gasteiger partial charge in [0.25, 0.3) is 5.91 Å². The van der Waals surface area contributed by atoms with Crippen molar-refractivity contribution in [1.29, 1.82) is 0 Å². The van der Waals surface area contributed by atoms with Crippen LogP contribution in [0.4, 0.5) is 14.5 Å². The van der Waals surface area contributed by atoms with E-state index in [1.165, 1.54) is 17.8 Å². The van der Waals surface area contributed by atoms with E-state index in [0.717, 1.165) is 29.2 Å². The summed E-state index contributed by atoms with van der Waals surface area (Å²) in [6.07, 6.45) is 1.59. The van der Waals surface area contributed by atoms with E-state index < -0.39 is 17.5 Å². The summed E-state index contributed by atoms with van der Waals surface area (Å²) in [4.78, 5) is 16.8. The molecule has 0 atom stereocenters. The Morgan fingerprint density at radius 2 is 2.04 bits per heavy atom. The molecule has 1 N–H and O–H groups in total. The van der Waals surface area contributed by atoms with Crippen LogP contribution >= 0.6 is 11.8 Å². The van der Waals surface area contributed by atoms with E-state index >= 15 is 0 Å². The lowest BCUT2D eigenvalue weighted by atomic mass is 10.2. The van der Waals surface area contributed by atoms with Crippen molar-refractivity contribution in [3.05, 3.63) is 70.7 Å². The van der Waals surface area contributed by atoms with E-state index in [0.29, 0.717) is 16.3 Å². The third-order valence-corrected chi connectivity index (χ3v) is 4.76. The van der Waals surface area contributed by atoms with Crippen LogP contribution in [0.15, 0.2) is 46.1 Å². The number of carbonyl (C=O) groups excluding carboxylic acids is 1. The zero-order valence-corrected chi connectivity index (χ0v) is 14.9. The molecule has 3 aromatic rings. The highest BCUT2D eigenvalue weighted by Gasteiger charge is 2.16. The number of nitrogens with zero attached hydrogens (tertiary/aromatic N) is 2. The van der Waals surface area contributed by atoms with Gasteiger partial charge < -0.3 is 9.84 Å². The number of benzene rings is 1. The first kappa shape index (κ1) is 18.1. The van der Waals surface area contributed by atoms with Gasteiger partial charge in [-0.2, -0.15) is 0 Å². The minimum Gasteiger partial charge on any atom is -0.361 e. The van der Waals surface area contributed by atoms with Crippen LogP contribution in [0.5, 0.6) is 0 Å². The van der Waals surface area contributed by atoms with Crippen LogP contribution in [0, 0.1) is 25.5 Å². The fourth-order valence-corrected chi connectivity index (χ4v) is 3.44. The Kier molecular flexibility index (Phi) is 5.32. The Balaban J connectivity index is 1.77. The first-order chi connectivity index (χ1) is 12.5. The second-order valence-electron chi connectivity index (χ2n) is 5.53. The third kappa shape index (κ3) is 3.91. The summed E-state index contributed by atoms with van der Waals surface area (Å²) in [5, 5.41) is 6.98. The molecule has 0 aliphatic heterocycles. The molecule has 0 spiro atoms. The Morgan fingerprint density at radius 3 is 2.73 bits per heavy atom. The van der Waals surface area contributed by atoms with Crippen molar-refractivity contribution in [2.24, 2.45) is 0 Å². The minimum absolute atomic E-state index is 0.166. The van der Waals surface area contributed by atoms with Crippen LogP contribution in [0.2, 0.25) is 0 Å². The zero-order valence-electron chi connectivity index (χ0n) is 14.0. The van der Waals surface area contributed by atoms with Gasteiger partial charge in [-0.05, 0) is 38.1 Å². The van der Waals surface area contributed by atoms with Crippen molar-refractivity contribution in [1.82, 2.24) is 10.1 Å². The topological polar surface area (TPSA) is 68.0 Å². The van der Waals surface area contributed by atoms with Crippen molar-refractivity contribution < 1.29 is 18.1 Å². The van der Waals surface area contributed by atoms with Gasteiger partial charge >= 0.3 is 0 Å². The lowest BCUT2D eigenvalue weighted by Crippen LogP contribution is -2.14. The molecule has 3 rings (SSSR count). The molecule has 1 amide bonds. The molecule has 0 saturated heterocycles. The smallest absolute Gasteiger partial charge is 0.258 e. The van der Waals surface area contributed by atoms with Gasteiger partial charge in [0, 0.05) is 29.3 Å². The fraction of sp³-hybridized carbons (Fsp3) is 0.167. The number of nitrogens with one attached hydrogen (secondary N) is 1. The average molecular weight is 375 g/mol. The predicted molar refractivity (Wildman–Crippen MR) is 94.1 cm³/mol. The Hall–Kier alpha value is -2.74. The van der Waals surface area contributed by atoms with E-state index in [-0.39, 0.29) is 5.69 Å². The Labute approximate surface area is 152 Å². The summed E-state index contributed by atoms with van der Waals surface area (Å²) in [5.41, 5.74) is 2.25. The van der Waals surface area contributed by atoms with Crippen LogP contribution in [0.1, 0.15) is 27.4 Å². The number of rotatable bonds is 5. The van der Waals surface area contributed by atoms with E-state index in [9.17, 15) is 13.6 Å². The van der Waals surface area contributed by atoms with Gasteiger partial charge in [0.15, 0.2) is 11.6 Å². The van der Waals surface area contributed by atoms with Gasteiger partial charge in [0.05, 0.1) is 11.3 Å². The summed E-state index contributed by atoms with van der Waals surface area (Å²) in [5.74, 6) is -1.19. The third-order valence-electron chi connectivity index (χ3n) is 3.73. The number of amides is 1. The molecule has 0 radical (unpaired) electrons. The monoisotopic (exact) mass is 375 g/mol. The first-order valence-corrected chi connectivity index (χ1v) is 8.70. The molecule has 0 aliphatic carbocycles. The number of hydrogen-bond donors (Lipinski definition) is 1. The van der Waals surface area contributed by atoms with Crippen molar-refractivity contribution in [2.75, 3.05) is 5.32 Å². The van der Waals surface area contributed by atoms with Gasteiger partial charge in [-0.1, -0.05) is 5.16 Å². The highest BCUT2D eigenvalue weighted by Crippen LogP contribution is 2.27. The maximum Gasteiger partial charge on any atom is 0.258 e. The van der Waals surface area contributed by atoms with Crippen molar-refractivity contribution in [2.45, 2.75) is 24.6 Å². The molecule has 0 saturated carbocycles. The minimum atomic E-state index is -1.03. The lowest BCUT2D eigenvalue weighted by molar-refractivity contribution is 0.102. The van der Waals surface area contributed by atoms with Crippen LogP contribution in [-0.2, 0) is 5.75 Å². The summed E-state index contributed by atoms with van der Waals surface area (Å²) in [6.45, 7) is 3.67. The molecule has 134 valence electrons. The molecule has 2 heterocycles. The van der Waals surface area contributed by atoms with Crippen LogP contribution in [0.25, 0.3) is 0 Å². The van der Waals surface area contributed by atoms with E-state index in [2.05, 4.69) is 15.5 Å². The van der Waals surface area contributed by atoms with Crippen molar-refractivity contribution >= 4 is 23.4 Å². The maximum atomic E-state index is 13.3. The largest absolute Gasteiger partial charge is 0.361 e. The van der Waals surface area contributed by atoms with Gasteiger partial charge in [0.1, 0.15) is 10.8 Å². The predicted octanol–water partition coefficient (Wildman–Crippen LogP) is 4.51. The van der Waals surface area contributed by atoms with Crippen LogP contribution in [-0.4, -0.2) is 16.0 Å². The number of halogens is 2. The highest BCUT2D eigenvalue weighted by atomic mass is 32.2. The Bertz CT molecular complexity index is 940. The van der Waals surface area contributed by atoms with Gasteiger partial charge in [-0.15, -0.1) is 11.8 Å². The number of carbonyl (C=O) groups is 1. The van der Waals surface area contributed by atoms with Crippen LogP contribution in [0.3, 0.4) is 0 Å². The number of thioether (sulfide) groups is 1. The summed E-state index contributed by atoms with van der Waals surface area (Å²) in [6, 6.07) is 6.45. The zero-order chi connectivity index (χ0) is 18.7. The molecule has 0 bridgehead atoms. The molecule has 1 aromatic carbocycles. The van der Waals surface area contributed by atoms with Gasteiger partial charge in [-0.25, -0.2) is 13.8 Å². The number of anilines is 1. The normalized spacial score (nSPS) is 10.8. The second kappa shape index (κ2) is 7.65. The SMILES string of the molecule is Cc1noc(C)c1CSc1ncccc1C(=O)Nc1ccc(F)c(F)c1. The molecule has 0 unspecified atom stereocenters. The maximum absolute atomic E-state index is 13.3. The van der Waals surface area contributed by atoms with E-state index in [1.54, 1.807) is 18.3 Å². The Morgan fingerprint density at radius 1 is 1.23 bits per heavy atom. The average Bonchev–Trinajstić information content (AvgIpc) is 2.94. The lowest BCUT2D eigenvalue weighted by Gasteiger charge is -2.09. The number of hydrogen-bond acceptors (Lipinski definition) is 5. The number of aromatic nitrogens is 2. The summed E-state index contributed by atoms with van der Waals surface area (Å²) in [7, 11) is 0. The van der Waals surface area contributed by atoms with E-state index in [1.807, 2.05) is 13.8 Å². The fourth-order valence-electron chi connectivity index (χ4n) is 2.30. The first-order valence-electron chi connectivity index (χ1n) is 7.71.